The number of esters is 1. The molecule has 0 bridgehead atoms. The number of hydrogen-bond acceptors (Lipinski definition) is 7. The first-order valence-electron chi connectivity index (χ1n) is 11.9. The molecule has 0 spiro atoms. The van der Waals surface area contributed by atoms with Gasteiger partial charge in [0.05, 0.1) is 40.3 Å². The van der Waals surface area contributed by atoms with E-state index < -0.39 is 12.0 Å². The van der Waals surface area contributed by atoms with Gasteiger partial charge < -0.3 is 9.64 Å². The third kappa shape index (κ3) is 4.53. The number of H-pyrrole nitrogens is 1. The minimum Gasteiger partial charge on any atom is -0.463 e. The summed E-state index contributed by atoms with van der Waals surface area (Å²) < 4.78 is 7.48. The van der Waals surface area contributed by atoms with Gasteiger partial charge in [0.2, 0.25) is 0 Å². The van der Waals surface area contributed by atoms with Gasteiger partial charge in [-0.15, -0.1) is 0 Å². The summed E-state index contributed by atoms with van der Waals surface area (Å²) in [7, 11) is 3.93. The lowest BCUT2D eigenvalue weighted by Crippen LogP contribution is -2.39. The highest BCUT2D eigenvalue weighted by molar-refractivity contribution is 7.07. The molecule has 1 aliphatic rings. The molecule has 0 aliphatic carbocycles. The first kappa shape index (κ1) is 24.5. The molecule has 0 fully saturated rings. The van der Waals surface area contributed by atoms with Crippen LogP contribution in [0.15, 0.2) is 81.9 Å². The number of allylic oxidation sites excluding steroid dienone is 1. The van der Waals surface area contributed by atoms with Crippen molar-refractivity contribution in [2.45, 2.75) is 19.9 Å². The van der Waals surface area contributed by atoms with Crippen molar-refractivity contribution in [3.05, 3.63) is 103 Å². The molecule has 0 radical (unpaired) electrons. The molecule has 8 nitrogen and oxygen atoms in total. The third-order valence-electron chi connectivity index (χ3n) is 6.26. The monoisotopic (exact) mass is 513 g/mol. The second-order valence-corrected chi connectivity index (χ2v) is 9.86. The summed E-state index contributed by atoms with van der Waals surface area (Å²) in [5.41, 5.74) is 5.10. The van der Waals surface area contributed by atoms with Gasteiger partial charge in [-0.2, -0.15) is 5.10 Å². The SMILES string of the molecule is CCOC(=O)C1=C(C)N=c2s/c(=C\c3cn[nH]c3-c3ccccc3)c(=O)n2[C@@H]1c1ccc(N(C)C)cc1. The predicted octanol–water partition coefficient (Wildman–Crippen LogP) is 3.25. The van der Waals surface area contributed by atoms with Crippen LogP contribution in [0, 0.1) is 0 Å². The zero-order chi connectivity index (χ0) is 26.1. The van der Waals surface area contributed by atoms with Gasteiger partial charge in [-0.1, -0.05) is 53.8 Å². The van der Waals surface area contributed by atoms with Gasteiger partial charge in [0, 0.05) is 30.9 Å². The van der Waals surface area contributed by atoms with Crippen molar-refractivity contribution in [1.29, 1.82) is 0 Å². The van der Waals surface area contributed by atoms with Crippen LogP contribution >= 0.6 is 11.3 Å². The molecule has 4 aromatic rings. The number of nitrogens with zero attached hydrogens (tertiary/aromatic N) is 4. The van der Waals surface area contributed by atoms with Crippen LogP contribution in [0.2, 0.25) is 0 Å². The van der Waals surface area contributed by atoms with Gasteiger partial charge in [-0.05, 0) is 37.6 Å². The van der Waals surface area contributed by atoms with E-state index >= 15 is 0 Å². The second-order valence-electron chi connectivity index (χ2n) is 8.85. The molecule has 3 heterocycles. The summed E-state index contributed by atoms with van der Waals surface area (Å²) in [6.45, 7) is 3.78. The van der Waals surface area contributed by atoms with Crippen LogP contribution in [0.4, 0.5) is 5.69 Å². The Labute approximate surface area is 217 Å². The van der Waals surface area contributed by atoms with E-state index in [2.05, 4.69) is 15.2 Å². The Balaban J connectivity index is 1.69. The Morgan fingerprint density at radius 2 is 1.89 bits per heavy atom. The number of fused-ring (bicyclic) bond motifs is 1. The quantitative estimate of drug-likeness (QED) is 0.400. The van der Waals surface area contributed by atoms with Crippen molar-refractivity contribution in [2.75, 3.05) is 25.6 Å². The first-order chi connectivity index (χ1) is 17.9. The number of carbonyl (C=O) groups excluding carboxylic acids is 1. The molecule has 1 aliphatic heterocycles. The molecule has 1 atom stereocenters. The van der Waals surface area contributed by atoms with Crippen molar-refractivity contribution in [2.24, 2.45) is 4.99 Å². The molecule has 0 amide bonds. The van der Waals surface area contributed by atoms with Gasteiger partial charge in [-0.3, -0.25) is 14.5 Å². The molecular formula is C28H27N5O3S. The Morgan fingerprint density at radius 1 is 1.16 bits per heavy atom. The van der Waals surface area contributed by atoms with Crippen LogP contribution in [0.5, 0.6) is 0 Å². The summed E-state index contributed by atoms with van der Waals surface area (Å²) in [4.78, 5) is 34.1. The van der Waals surface area contributed by atoms with Gasteiger partial charge in [0.15, 0.2) is 4.80 Å². The van der Waals surface area contributed by atoms with Crippen LogP contribution < -0.4 is 19.8 Å². The van der Waals surface area contributed by atoms with Crippen molar-refractivity contribution in [1.82, 2.24) is 14.8 Å². The number of rotatable bonds is 6. The average molecular weight is 514 g/mol. The molecule has 37 heavy (non-hydrogen) atoms. The van der Waals surface area contributed by atoms with Crippen molar-refractivity contribution in [3.63, 3.8) is 0 Å². The number of aromatic nitrogens is 3. The molecule has 0 unspecified atom stereocenters. The summed E-state index contributed by atoms with van der Waals surface area (Å²) >= 11 is 1.29. The number of carbonyl (C=O) groups is 1. The lowest BCUT2D eigenvalue weighted by molar-refractivity contribution is -0.139. The molecular weight excluding hydrogens is 486 g/mol. The van der Waals surface area contributed by atoms with Crippen LogP contribution in [-0.2, 0) is 9.53 Å². The van der Waals surface area contributed by atoms with Gasteiger partial charge in [0.1, 0.15) is 0 Å². The minimum absolute atomic E-state index is 0.222. The molecule has 0 saturated heterocycles. The van der Waals surface area contributed by atoms with Crippen molar-refractivity contribution < 1.29 is 9.53 Å². The van der Waals surface area contributed by atoms with E-state index in [0.29, 0.717) is 20.6 Å². The van der Waals surface area contributed by atoms with Gasteiger partial charge >= 0.3 is 5.97 Å². The van der Waals surface area contributed by atoms with E-state index in [-0.39, 0.29) is 12.2 Å². The molecule has 0 saturated carbocycles. The minimum atomic E-state index is -0.647. The maximum Gasteiger partial charge on any atom is 0.338 e. The molecule has 1 N–H and O–H groups in total. The number of nitrogens with one attached hydrogen (secondary N) is 1. The molecule has 2 aromatic heterocycles. The van der Waals surface area contributed by atoms with Crippen LogP contribution in [0.25, 0.3) is 17.3 Å². The molecule has 2 aromatic carbocycles. The van der Waals surface area contributed by atoms with Crippen molar-refractivity contribution in [3.8, 4) is 11.3 Å². The maximum absolute atomic E-state index is 13.8. The second kappa shape index (κ2) is 10.0. The zero-order valence-corrected chi connectivity index (χ0v) is 21.9. The predicted molar refractivity (Wildman–Crippen MR) is 145 cm³/mol. The van der Waals surface area contributed by atoms with E-state index in [9.17, 15) is 9.59 Å². The fourth-order valence-corrected chi connectivity index (χ4v) is 5.48. The highest BCUT2D eigenvalue weighted by Gasteiger charge is 2.33. The van der Waals surface area contributed by atoms with E-state index in [4.69, 9.17) is 4.74 Å². The summed E-state index contributed by atoms with van der Waals surface area (Å²) in [5, 5.41) is 7.23. The smallest absolute Gasteiger partial charge is 0.338 e. The average Bonchev–Trinajstić information content (AvgIpc) is 3.48. The largest absolute Gasteiger partial charge is 0.463 e. The number of aromatic amines is 1. The zero-order valence-electron chi connectivity index (χ0n) is 21.1. The van der Waals surface area contributed by atoms with Gasteiger partial charge in [-0.25, -0.2) is 9.79 Å². The summed E-state index contributed by atoms with van der Waals surface area (Å²) in [6.07, 6.45) is 3.53. The first-order valence-corrected chi connectivity index (χ1v) is 12.8. The highest BCUT2D eigenvalue weighted by Crippen LogP contribution is 2.31. The topological polar surface area (TPSA) is 92.6 Å². The Kier molecular flexibility index (Phi) is 6.62. The lowest BCUT2D eigenvalue weighted by atomic mass is 9.95. The fourth-order valence-electron chi connectivity index (χ4n) is 4.44. The summed E-state index contributed by atoms with van der Waals surface area (Å²) in [6, 6.07) is 17.0. The van der Waals surface area contributed by atoms with Crippen molar-refractivity contribution >= 4 is 29.1 Å². The van der Waals surface area contributed by atoms with E-state index in [1.807, 2.05) is 79.7 Å². The number of benzene rings is 2. The van der Waals surface area contributed by atoms with Crippen LogP contribution in [-0.4, -0.2) is 41.4 Å². The molecule has 188 valence electrons. The molecule has 5 rings (SSSR count). The van der Waals surface area contributed by atoms with E-state index in [0.717, 1.165) is 28.1 Å². The van der Waals surface area contributed by atoms with Crippen LogP contribution in [0.3, 0.4) is 0 Å². The Hall–Kier alpha value is -4.24. The van der Waals surface area contributed by atoms with E-state index in [1.165, 1.54) is 11.3 Å². The highest BCUT2D eigenvalue weighted by atomic mass is 32.1. The number of hydrogen-bond donors (Lipinski definition) is 1. The maximum atomic E-state index is 13.8. The van der Waals surface area contributed by atoms with Gasteiger partial charge in [0.25, 0.3) is 5.56 Å². The normalized spacial score (nSPS) is 15.4. The molecule has 9 heteroatoms. The Morgan fingerprint density at radius 3 is 2.57 bits per heavy atom. The van der Waals surface area contributed by atoms with Crippen LogP contribution in [0.1, 0.15) is 31.0 Å². The standard InChI is InChI=1S/C28H27N5O3S/c1-5-36-27(35)23-17(2)30-28-33(25(23)19-11-13-21(14-12-19)32(3)4)26(34)22(37-28)15-20-16-29-31-24(20)18-9-7-6-8-10-18/h6-16,25H,5H2,1-4H3,(H,29,31)/b22-15-/t25-/m1/s1. The summed E-state index contributed by atoms with van der Waals surface area (Å²) in [5.74, 6) is -0.471. The third-order valence-corrected chi connectivity index (χ3v) is 7.24. The Bertz CT molecular complexity index is 1660. The lowest BCUT2D eigenvalue weighted by Gasteiger charge is -2.25. The number of anilines is 1. The fraction of sp³-hybridized carbons (Fsp3) is 0.214. The number of thiazole rings is 1. The number of ether oxygens (including phenoxy) is 1. The van der Waals surface area contributed by atoms with E-state index in [1.54, 1.807) is 24.6 Å².